The van der Waals surface area contributed by atoms with Crippen LogP contribution < -0.4 is 5.32 Å². The predicted octanol–water partition coefficient (Wildman–Crippen LogP) is 4.76. The van der Waals surface area contributed by atoms with Crippen LogP contribution in [0.4, 0.5) is 10.9 Å². The standard InChI is InChI=1S/C24H24N4O3S2/c1-3-31-23(30)17-7-6-12-28(15-17)22(29)19-13-18(10-9-16(19)2)32-21-14-26-24(33-21)27-20-8-4-5-11-25-20/h4-5,8,11,13-14,17H,3,6-7,12,15H2,1-2H3,(H,25,26,27). The molecule has 1 unspecified atom stereocenters. The Bertz CT molecular complexity index is 1120. The summed E-state index contributed by atoms with van der Waals surface area (Å²) in [5.74, 6) is 0.152. The van der Waals surface area contributed by atoms with E-state index < -0.39 is 0 Å². The van der Waals surface area contributed by atoms with Gasteiger partial charge in [0.25, 0.3) is 5.91 Å². The summed E-state index contributed by atoms with van der Waals surface area (Å²) in [4.78, 5) is 36.6. The lowest BCUT2D eigenvalue weighted by Gasteiger charge is -2.31. The summed E-state index contributed by atoms with van der Waals surface area (Å²) < 4.78 is 6.12. The van der Waals surface area contributed by atoms with E-state index in [4.69, 9.17) is 4.74 Å². The molecule has 1 aliphatic rings. The highest BCUT2D eigenvalue weighted by molar-refractivity contribution is 8.01. The molecule has 9 heteroatoms. The van der Waals surface area contributed by atoms with Crippen LogP contribution in [-0.2, 0) is 9.53 Å². The molecule has 170 valence electrons. The van der Waals surface area contributed by atoms with E-state index in [0.717, 1.165) is 38.5 Å². The minimum Gasteiger partial charge on any atom is -0.466 e. The number of rotatable bonds is 7. The molecule has 3 heterocycles. The van der Waals surface area contributed by atoms with Gasteiger partial charge >= 0.3 is 5.97 Å². The van der Waals surface area contributed by atoms with Crippen LogP contribution in [0.25, 0.3) is 0 Å². The average molecular weight is 481 g/mol. The monoisotopic (exact) mass is 480 g/mol. The smallest absolute Gasteiger partial charge is 0.310 e. The summed E-state index contributed by atoms with van der Waals surface area (Å²) in [7, 11) is 0. The van der Waals surface area contributed by atoms with Crippen molar-refractivity contribution in [2.75, 3.05) is 25.0 Å². The highest BCUT2D eigenvalue weighted by Crippen LogP contribution is 2.34. The number of likely N-dealkylation sites (tertiary alicyclic amines) is 1. The van der Waals surface area contributed by atoms with E-state index in [2.05, 4.69) is 27.4 Å². The topological polar surface area (TPSA) is 84.4 Å². The zero-order chi connectivity index (χ0) is 23.2. The number of carbonyl (C=O) groups is 2. The molecule has 1 amide bonds. The van der Waals surface area contributed by atoms with Gasteiger partial charge in [0, 0.05) is 24.8 Å². The number of ether oxygens (including phenoxy) is 1. The second kappa shape index (κ2) is 10.7. The fourth-order valence-corrected chi connectivity index (χ4v) is 5.41. The molecule has 7 nitrogen and oxygen atoms in total. The Morgan fingerprint density at radius 3 is 3.00 bits per heavy atom. The molecular weight excluding hydrogens is 456 g/mol. The Labute approximate surface area is 201 Å². The lowest BCUT2D eigenvalue weighted by molar-refractivity contribution is -0.149. The van der Waals surface area contributed by atoms with Crippen LogP contribution in [0.1, 0.15) is 35.7 Å². The molecule has 1 aliphatic heterocycles. The normalized spacial score (nSPS) is 15.6. The first-order valence-electron chi connectivity index (χ1n) is 10.8. The van der Waals surface area contributed by atoms with Crippen LogP contribution in [0.5, 0.6) is 0 Å². The van der Waals surface area contributed by atoms with Crippen molar-refractivity contribution >= 4 is 45.9 Å². The summed E-state index contributed by atoms with van der Waals surface area (Å²) in [5, 5.41) is 3.92. The number of amides is 1. The molecule has 1 aromatic carbocycles. The number of thiazole rings is 1. The van der Waals surface area contributed by atoms with Gasteiger partial charge in [0.1, 0.15) is 5.82 Å². The Morgan fingerprint density at radius 2 is 2.21 bits per heavy atom. The molecule has 2 aromatic heterocycles. The third kappa shape index (κ3) is 5.83. The predicted molar refractivity (Wildman–Crippen MR) is 128 cm³/mol. The van der Waals surface area contributed by atoms with E-state index in [1.165, 1.54) is 23.1 Å². The minimum atomic E-state index is -0.265. The van der Waals surface area contributed by atoms with E-state index in [1.54, 1.807) is 24.2 Å². The van der Waals surface area contributed by atoms with Gasteiger partial charge in [0.05, 0.1) is 33.4 Å². The van der Waals surface area contributed by atoms with E-state index in [0.29, 0.717) is 25.3 Å². The summed E-state index contributed by atoms with van der Waals surface area (Å²) in [6, 6.07) is 13.7. The summed E-state index contributed by atoms with van der Waals surface area (Å²) in [5.41, 5.74) is 1.32. The van der Waals surface area contributed by atoms with Crippen molar-refractivity contribution in [2.45, 2.75) is 35.8 Å². The lowest BCUT2D eigenvalue weighted by Crippen LogP contribution is -2.43. The van der Waals surface area contributed by atoms with Crippen LogP contribution in [0.15, 0.2) is 45.8 Å². The molecule has 0 aliphatic carbocycles. The van der Waals surface area contributed by atoms with Crippen molar-refractivity contribution in [3.63, 3.8) is 0 Å². The molecule has 0 bridgehead atoms. The Kier molecular flexibility index (Phi) is 7.47. The summed E-state index contributed by atoms with van der Waals surface area (Å²) >= 11 is 2.98. The van der Waals surface area contributed by atoms with Crippen LogP contribution in [0, 0.1) is 25.0 Å². The fraction of sp³-hybridized carbons (Fsp3) is 0.333. The molecule has 1 fully saturated rings. The van der Waals surface area contributed by atoms with Gasteiger partial charge in [-0.15, -0.1) is 0 Å². The minimum absolute atomic E-state index is 0.0876. The molecular formula is C24H24N4O3S2. The number of hydrogen-bond acceptors (Lipinski definition) is 8. The van der Waals surface area contributed by atoms with E-state index in [9.17, 15) is 9.59 Å². The number of hydrogen-bond donors (Lipinski definition) is 1. The average Bonchev–Trinajstić information content (AvgIpc) is 3.27. The van der Waals surface area contributed by atoms with Crippen LogP contribution >= 0.6 is 23.1 Å². The van der Waals surface area contributed by atoms with Gasteiger partial charge in [0.15, 0.2) is 5.13 Å². The largest absolute Gasteiger partial charge is 0.466 e. The molecule has 0 radical (unpaired) electrons. The second-order valence-electron chi connectivity index (χ2n) is 7.57. The number of nitrogens with zero attached hydrogens (tertiary/aromatic N) is 3. The number of carbonyl (C=O) groups excluding carboxylic acids is 2. The number of aromatic nitrogens is 2. The Balaban J connectivity index is 1.44. The molecule has 3 aromatic rings. The number of anilines is 2. The maximum absolute atomic E-state index is 13.3. The number of piperidine rings is 1. The fourth-order valence-electron chi connectivity index (χ4n) is 3.58. The maximum Gasteiger partial charge on any atom is 0.310 e. The summed E-state index contributed by atoms with van der Waals surface area (Å²) in [6.07, 6.45) is 5.03. The van der Waals surface area contributed by atoms with Crippen molar-refractivity contribution in [3.05, 3.63) is 59.9 Å². The van der Waals surface area contributed by atoms with Gasteiger partial charge < -0.3 is 15.0 Å². The first-order valence-corrected chi connectivity index (χ1v) is 12.4. The highest BCUT2D eigenvalue weighted by atomic mass is 32.2. The summed E-state index contributed by atoms with van der Waals surface area (Å²) in [6.45, 7) is 5.01. The van der Waals surface area contributed by atoms with Crippen molar-refractivity contribution in [1.29, 1.82) is 0 Å². The third-order valence-corrected chi connectivity index (χ3v) is 7.16. The Morgan fingerprint density at radius 1 is 1.33 bits per heavy atom. The maximum atomic E-state index is 13.3. The molecule has 0 saturated carbocycles. The number of esters is 1. The van der Waals surface area contributed by atoms with Crippen molar-refractivity contribution in [3.8, 4) is 0 Å². The van der Waals surface area contributed by atoms with E-state index >= 15 is 0 Å². The van der Waals surface area contributed by atoms with Crippen LogP contribution in [0.3, 0.4) is 0 Å². The molecule has 4 rings (SSSR count). The molecule has 1 N–H and O–H groups in total. The van der Waals surface area contributed by atoms with Gasteiger partial charge in [0.2, 0.25) is 0 Å². The number of pyridine rings is 1. The van der Waals surface area contributed by atoms with Gasteiger partial charge in [-0.25, -0.2) is 9.97 Å². The molecule has 33 heavy (non-hydrogen) atoms. The third-order valence-electron chi connectivity index (χ3n) is 5.21. The van der Waals surface area contributed by atoms with Crippen molar-refractivity contribution in [1.82, 2.24) is 14.9 Å². The van der Waals surface area contributed by atoms with E-state index in [-0.39, 0.29) is 17.8 Å². The number of nitrogens with one attached hydrogen (secondary N) is 1. The zero-order valence-electron chi connectivity index (χ0n) is 18.5. The Hall–Kier alpha value is -3.09. The lowest BCUT2D eigenvalue weighted by atomic mass is 9.97. The van der Waals surface area contributed by atoms with Crippen molar-refractivity contribution in [2.24, 2.45) is 5.92 Å². The first-order chi connectivity index (χ1) is 16.0. The first kappa shape index (κ1) is 23.1. The van der Waals surface area contributed by atoms with Crippen molar-refractivity contribution < 1.29 is 14.3 Å². The zero-order valence-corrected chi connectivity index (χ0v) is 20.1. The van der Waals surface area contributed by atoms with Gasteiger partial charge in [-0.3, -0.25) is 9.59 Å². The van der Waals surface area contributed by atoms with Gasteiger partial charge in [-0.05, 0) is 44.9 Å². The van der Waals surface area contributed by atoms with Crippen LogP contribution in [-0.4, -0.2) is 46.4 Å². The highest BCUT2D eigenvalue weighted by Gasteiger charge is 2.30. The van der Waals surface area contributed by atoms with Gasteiger partial charge in [-0.1, -0.05) is 41.3 Å². The molecule has 1 atom stereocenters. The SMILES string of the molecule is CCOC(=O)C1CCCN(C(=O)c2cc(Sc3cnc(Nc4ccccn4)s3)c#cc2C)C1. The molecule has 1 saturated heterocycles. The van der Waals surface area contributed by atoms with E-state index in [1.807, 2.05) is 31.2 Å². The molecule has 0 spiro atoms. The van der Waals surface area contributed by atoms with Crippen LogP contribution in [0.2, 0.25) is 0 Å². The second-order valence-corrected chi connectivity index (χ2v) is 9.94. The van der Waals surface area contributed by atoms with Gasteiger partial charge in [-0.2, -0.15) is 0 Å². The quantitative estimate of drug-likeness (QED) is 0.488.